The number of hydrogen-bond donors (Lipinski definition) is 0. The third-order valence-electron chi connectivity index (χ3n) is 18.5. The molecule has 1 unspecified atom stereocenters. The maximum absolute atomic E-state index is 12.2. The zero-order valence-corrected chi connectivity index (χ0v) is 76.3. The molecule has 1 aliphatic heterocycles. The zero-order valence-electron chi connectivity index (χ0n) is 73.8. The highest BCUT2D eigenvalue weighted by atomic mass is 32.2. The highest BCUT2D eigenvalue weighted by Crippen LogP contribution is 2.35. The van der Waals surface area contributed by atoms with E-state index in [4.69, 9.17) is 4.74 Å². The number of unbranched alkanes of at least 4 members (excludes halogenated alkanes) is 1. The Morgan fingerprint density at radius 1 is 0.445 bits per heavy atom. The molecule has 0 fully saturated rings. The second-order valence-corrected chi connectivity index (χ2v) is 46.1. The van der Waals surface area contributed by atoms with Crippen molar-refractivity contribution in [3.8, 4) is 5.75 Å². The van der Waals surface area contributed by atoms with Gasteiger partial charge in [-0.2, -0.15) is 0 Å². The molecular weight excluding hydrogens is 1420 g/mol. The molecule has 11 nitrogen and oxygen atoms in total. The van der Waals surface area contributed by atoms with Crippen LogP contribution in [0, 0.1) is 47.8 Å². The summed E-state index contributed by atoms with van der Waals surface area (Å²) in [7, 11) is -9.13. The average molecular weight is 1570 g/mol. The SMILES string of the molecule is CC(C)(C)CCC(=O)N1CCc2ccccc21.CC(C)(C)S(=O)(=O)Cc1ccccc1.CC(C)c1ccc(S(=O)(=O)C(C)(C)C)cc1.CC(c1ccccc1)C(C)(C)C.CCCCS(=O)(=O)C(C)(C)C.Cc1ccc(C(=O)C(C)(C)C)cc1.Cc1ccc(C(=O)C(C)(C)C)cc1.Cc1ccc(OCCC(C)(C)C)cc1. The van der Waals surface area contributed by atoms with Crippen LogP contribution in [0.5, 0.6) is 5.75 Å². The van der Waals surface area contributed by atoms with Crippen molar-refractivity contribution in [2.24, 2.45) is 27.1 Å². The van der Waals surface area contributed by atoms with Crippen molar-refractivity contribution >= 4 is 52.7 Å². The quantitative estimate of drug-likeness (QED) is 0.0902. The largest absolute Gasteiger partial charge is 0.494 e. The van der Waals surface area contributed by atoms with Crippen LogP contribution in [-0.4, -0.2) is 75.9 Å². The first-order valence-corrected chi connectivity index (χ1v) is 44.1. The molecule has 110 heavy (non-hydrogen) atoms. The Morgan fingerprint density at radius 2 is 0.845 bits per heavy atom. The molecule has 1 atom stereocenters. The Hall–Kier alpha value is -7.00. The first-order chi connectivity index (χ1) is 50.1. The topological polar surface area (TPSA) is 166 Å². The van der Waals surface area contributed by atoms with Crippen LogP contribution in [0.2, 0.25) is 0 Å². The third-order valence-corrected chi connectivity index (χ3v) is 26.3. The number of fused-ring (bicyclic) bond motifs is 1. The van der Waals surface area contributed by atoms with Crippen molar-refractivity contribution in [2.75, 3.05) is 23.8 Å². The minimum absolute atomic E-state index is 0.122. The molecule has 0 saturated heterocycles. The van der Waals surface area contributed by atoms with Gasteiger partial charge in [0.2, 0.25) is 5.91 Å². The molecule has 1 heterocycles. The molecule has 0 N–H and O–H groups in total. The fourth-order valence-electron chi connectivity index (χ4n) is 9.88. The summed E-state index contributed by atoms with van der Waals surface area (Å²) in [6.45, 7) is 63.5. The predicted octanol–water partition coefficient (Wildman–Crippen LogP) is 25.3. The van der Waals surface area contributed by atoms with E-state index in [0.717, 1.165) is 78.9 Å². The summed E-state index contributed by atoms with van der Waals surface area (Å²) in [5.41, 5.74) is 11.5. The molecule has 612 valence electrons. The van der Waals surface area contributed by atoms with Gasteiger partial charge in [0.05, 0.1) is 37.2 Å². The Bertz CT molecular complexity index is 4130. The number of amides is 1. The maximum Gasteiger partial charge on any atom is 0.227 e. The number of carbonyl (C=O) groups excluding carboxylic acids is 3. The third kappa shape index (κ3) is 38.0. The summed E-state index contributed by atoms with van der Waals surface area (Å²) in [4.78, 5) is 38.1. The first kappa shape index (κ1) is 101. The number of aryl methyl sites for hydroxylation is 3. The summed E-state index contributed by atoms with van der Waals surface area (Å²) in [6, 6.07) is 59.0. The number of anilines is 1. The van der Waals surface area contributed by atoms with Gasteiger partial charge in [0, 0.05) is 40.6 Å². The van der Waals surface area contributed by atoms with E-state index < -0.39 is 43.8 Å². The van der Waals surface area contributed by atoms with Crippen molar-refractivity contribution in [1.82, 2.24) is 0 Å². The number of sulfone groups is 3. The summed E-state index contributed by atoms with van der Waals surface area (Å²) >= 11 is 0. The Labute approximate surface area is 671 Å². The van der Waals surface area contributed by atoms with Gasteiger partial charge in [0.15, 0.2) is 41.1 Å². The standard InChI is InChI=1S/C15H21NO.C13H20O2S.C13H20O.2C12H16O.C12H18.C11H16O2S.C8H18O2S/c1-15(2,3)10-8-14(17)16-11-9-12-6-4-5-7-13(12)16;1-10(2)11-6-8-12(9-7-11)16(14,15)13(3,4)5;1-11-5-7-12(8-6-11)14-10-9-13(2,3)4;2*1-9-5-7-10(8-6-9)11(13)12(2,3)4;1-10(12(2,3)4)11-8-6-5-7-9-11;1-11(2,3)14(12,13)9-10-7-5-4-6-8-10;1-5-6-7-11(9,10)8(2,3)4/h4-7H,8-11H2,1-3H3;6-10H,1-5H3;5-8H,9-10H2,1-4H3;2*5-8H,1-4H3;5-10H,1-4H3;4-8H,9H2,1-3H3;5-7H2,1-4H3. The van der Waals surface area contributed by atoms with E-state index in [9.17, 15) is 39.6 Å². The smallest absolute Gasteiger partial charge is 0.227 e. The lowest BCUT2D eigenvalue weighted by atomic mass is 9.78. The van der Waals surface area contributed by atoms with Crippen LogP contribution in [0.4, 0.5) is 5.69 Å². The number of hydrogen-bond acceptors (Lipinski definition) is 10. The summed E-state index contributed by atoms with van der Waals surface area (Å²) in [5, 5.41) is 0. The van der Waals surface area contributed by atoms with Gasteiger partial charge in [0.1, 0.15) is 5.75 Å². The second kappa shape index (κ2) is 43.9. The second-order valence-electron chi connectivity index (χ2n) is 37.8. The lowest BCUT2D eigenvalue weighted by molar-refractivity contribution is -0.119. The van der Waals surface area contributed by atoms with Crippen LogP contribution in [0.3, 0.4) is 0 Å². The van der Waals surface area contributed by atoms with Crippen molar-refractivity contribution in [1.29, 1.82) is 0 Å². The lowest BCUT2D eigenvalue weighted by Gasteiger charge is -2.27. The van der Waals surface area contributed by atoms with Gasteiger partial charge in [0.25, 0.3) is 0 Å². The van der Waals surface area contributed by atoms with Crippen molar-refractivity contribution in [3.05, 3.63) is 232 Å². The van der Waals surface area contributed by atoms with E-state index >= 15 is 0 Å². The molecule has 0 saturated carbocycles. The van der Waals surface area contributed by atoms with Gasteiger partial charge >= 0.3 is 0 Å². The van der Waals surface area contributed by atoms with E-state index in [1.165, 1.54) is 27.8 Å². The Kier molecular flexibility index (Phi) is 40.3. The number of para-hydroxylation sites is 1. The minimum Gasteiger partial charge on any atom is -0.494 e. The van der Waals surface area contributed by atoms with Gasteiger partial charge in [-0.1, -0.05) is 306 Å². The van der Waals surface area contributed by atoms with E-state index in [1.807, 2.05) is 182 Å². The molecule has 7 aromatic rings. The highest BCUT2D eigenvalue weighted by Gasteiger charge is 2.33. The number of benzene rings is 7. The van der Waals surface area contributed by atoms with Crippen LogP contribution in [0.1, 0.15) is 297 Å². The fourth-order valence-corrected chi connectivity index (χ4v) is 13.4. The normalized spacial score (nSPS) is 12.9. The molecule has 8 rings (SSSR count). The van der Waals surface area contributed by atoms with Gasteiger partial charge in [-0.3, -0.25) is 14.4 Å². The number of Topliss-reactive ketones (excluding diaryl/α,β-unsaturated/α-hetero) is 2. The molecule has 14 heteroatoms. The van der Waals surface area contributed by atoms with Crippen LogP contribution in [0.15, 0.2) is 187 Å². The van der Waals surface area contributed by atoms with Gasteiger partial charge in [-0.25, -0.2) is 25.3 Å². The van der Waals surface area contributed by atoms with Gasteiger partial charge in [-0.05, 0) is 189 Å². The fraction of sp³-hybridized carbons (Fsp3) is 0.531. The van der Waals surface area contributed by atoms with Gasteiger partial charge in [-0.15, -0.1) is 0 Å². The molecular formula is C96H145NO10S3. The molecule has 1 aliphatic rings. The Balaban J connectivity index is 0.000000631. The zero-order chi connectivity index (χ0) is 84.9. The molecule has 0 spiro atoms. The monoisotopic (exact) mass is 1570 g/mol. The summed E-state index contributed by atoms with van der Waals surface area (Å²) in [5.74, 6) is 3.14. The van der Waals surface area contributed by atoms with E-state index in [0.29, 0.717) is 39.7 Å². The molecule has 0 bridgehead atoms. The number of ketones is 2. The first-order valence-electron chi connectivity index (χ1n) is 39.3. The van der Waals surface area contributed by atoms with Crippen LogP contribution in [0.25, 0.3) is 0 Å². The summed E-state index contributed by atoms with van der Waals surface area (Å²) in [6.07, 6.45) is 5.40. The number of rotatable bonds is 15. The number of ether oxygens (including phenoxy) is 1. The van der Waals surface area contributed by atoms with E-state index in [1.54, 1.807) is 74.4 Å². The van der Waals surface area contributed by atoms with Gasteiger partial charge < -0.3 is 9.64 Å². The van der Waals surface area contributed by atoms with Crippen molar-refractivity contribution < 1.29 is 44.4 Å². The Morgan fingerprint density at radius 3 is 1.22 bits per heavy atom. The van der Waals surface area contributed by atoms with Crippen molar-refractivity contribution in [2.45, 2.75) is 290 Å². The summed E-state index contributed by atoms with van der Waals surface area (Å²) < 4.78 is 74.4. The number of carbonyl (C=O) groups is 3. The molecule has 0 aromatic heterocycles. The van der Waals surface area contributed by atoms with Crippen LogP contribution >= 0.6 is 0 Å². The molecule has 0 radical (unpaired) electrons. The maximum atomic E-state index is 12.2. The van der Waals surface area contributed by atoms with E-state index in [-0.39, 0.29) is 39.5 Å². The molecule has 7 aromatic carbocycles. The average Bonchev–Trinajstić information content (AvgIpc) is 1.44. The predicted molar refractivity (Wildman–Crippen MR) is 471 cm³/mol. The lowest BCUT2D eigenvalue weighted by Crippen LogP contribution is -2.30. The van der Waals surface area contributed by atoms with Crippen molar-refractivity contribution in [3.63, 3.8) is 0 Å². The van der Waals surface area contributed by atoms with Crippen LogP contribution in [-0.2, 0) is 46.5 Å². The highest BCUT2D eigenvalue weighted by molar-refractivity contribution is 7.93. The molecule has 1 amide bonds. The van der Waals surface area contributed by atoms with E-state index in [2.05, 4.69) is 145 Å². The van der Waals surface area contributed by atoms with Crippen LogP contribution < -0.4 is 9.64 Å². The molecule has 0 aliphatic carbocycles. The minimum atomic E-state index is -3.22. The number of nitrogens with zero attached hydrogens (tertiary/aromatic N) is 1.